The van der Waals surface area contributed by atoms with Gasteiger partial charge in [-0.25, -0.2) is 8.78 Å². The predicted molar refractivity (Wildman–Crippen MR) is 110 cm³/mol. The first-order chi connectivity index (χ1) is 13.5. The Bertz CT molecular complexity index is 769. The van der Waals surface area contributed by atoms with Gasteiger partial charge in [0.25, 0.3) is 0 Å². The zero-order chi connectivity index (χ0) is 20.1. The van der Waals surface area contributed by atoms with Crippen LogP contribution in [0.4, 0.5) is 8.78 Å². The minimum absolute atomic E-state index is 0.132. The Morgan fingerprint density at radius 1 is 0.893 bits per heavy atom. The van der Waals surface area contributed by atoms with Gasteiger partial charge in [-0.15, -0.1) is 0 Å². The van der Waals surface area contributed by atoms with E-state index < -0.39 is 24.2 Å². The molecule has 0 radical (unpaired) electrons. The van der Waals surface area contributed by atoms with Crippen molar-refractivity contribution in [3.8, 4) is 11.1 Å². The molecule has 1 aliphatic rings. The average molecular weight is 386 g/mol. The monoisotopic (exact) mass is 386 g/mol. The summed E-state index contributed by atoms with van der Waals surface area (Å²) in [7, 11) is -2.02. The van der Waals surface area contributed by atoms with Crippen molar-refractivity contribution in [1.29, 1.82) is 0 Å². The van der Waals surface area contributed by atoms with Gasteiger partial charge in [0.1, 0.15) is 0 Å². The Morgan fingerprint density at radius 3 is 2.18 bits per heavy atom. The lowest BCUT2D eigenvalue weighted by molar-refractivity contribution is 0.303. The molecule has 0 unspecified atom stereocenters. The summed E-state index contributed by atoms with van der Waals surface area (Å²) < 4.78 is 28.4. The van der Waals surface area contributed by atoms with Crippen LogP contribution in [0.5, 0.6) is 0 Å². The van der Waals surface area contributed by atoms with Crippen LogP contribution in [0.25, 0.3) is 11.1 Å². The van der Waals surface area contributed by atoms with Crippen LogP contribution in [-0.2, 0) is 0 Å². The Labute approximate surface area is 166 Å². The molecule has 0 atom stereocenters. The van der Waals surface area contributed by atoms with Gasteiger partial charge in [-0.1, -0.05) is 69.0 Å². The fraction of sp³-hybridized carbons (Fsp3) is 0.478. The van der Waals surface area contributed by atoms with Gasteiger partial charge < -0.3 is 10.0 Å². The van der Waals surface area contributed by atoms with Gasteiger partial charge in [0.2, 0.25) is 0 Å². The van der Waals surface area contributed by atoms with Crippen molar-refractivity contribution in [3.05, 3.63) is 53.6 Å². The zero-order valence-electron chi connectivity index (χ0n) is 16.5. The maximum Gasteiger partial charge on any atom is 0.491 e. The van der Waals surface area contributed by atoms with Crippen LogP contribution in [0.15, 0.2) is 36.4 Å². The van der Waals surface area contributed by atoms with E-state index in [1.165, 1.54) is 69.1 Å². The number of benzene rings is 2. The molecule has 2 aromatic rings. The van der Waals surface area contributed by atoms with Crippen molar-refractivity contribution in [3.63, 3.8) is 0 Å². The molecule has 28 heavy (non-hydrogen) atoms. The molecule has 0 aliphatic heterocycles. The van der Waals surface area contributed by atoms with Gasteiger partial charge in [-0.3, -0.25) is 0 Å². The number of hydrogen-bond acceptors (Lipinski definition) is 2. The number of unbranched alkanes of at least 4 members (excludes halogenated alkanes) is 2. The highest BCUT2D eigenvalue weighted by Crippen LogP contribution is 2.38. The fourth-order valence-electron chi connectivity index (χ4n) is 4.39. The van der Waals surface area contributed by atoms with E-state index in [2.05, 4.69) is 6.92 Å². The van der Waals surface area contributed by atoms with E-state index in [1.807, 2.05) is 24.3 Å². The molecule has 0 aromatic heterocycles. The highest BCUT2D eigenvalue weighted by molar-refractivity contribution is 6.58. The second kappa shape index (κ2) is 9.66. The maximum absolute atomic E-state index is 14.3. The Kier molecular flexibility index (Phi) is 7.25. The molecule has 0 saturated heterocycles. The van der Waals surface area contributed by atoms with Crippen molar-refractivity contribution in [2.45, 2.75) is 64.2 Å². The van der Waals surface area contributed by atoms with Crippen LogP contribution in [0.2, 0.25) is 0 Å². The number of hydrogen-bond donors (Lipinski definition) is 2. The molecule has 1 aliphatic carbocycles. The summed E-state index contributed by atoms with van der Waals surface area (Å²) in [5, 5.41) is 18.2. The predicted octanol–water partition coefficient (Wildman–Crippen LogP) is 5.17. The van der Waals surface area contributed by atoms with E-state index in [0.29, 0.717) is 11.5 Å². The molecule has 5 heteroatoms. The summed E-state index contributed by atoms with van der Waals surface area (Å²) in [4.78, 5) is 0. The van der Waals surface area contributed by atoms with Crippen molar-refractivity contribution in [1.82, 2.24) is 0 Å². The summed E-state index contributed by atoms with van der Waals surface area (Å²) in [6.07, 6.45) is 10.2. The third-order valence-corrected chi connectivity index (χ3v) is 6.15. The minimum Gasteiger partial charge on any atom is -0.423 e. The van der Waals surface area contributed by atoms with Crippen molar-refractivity contribution in [2.24, 2.45) is 5.92 Å². The van der Waals surface area contributed by atoms with E-state index in [1.54, 1.807) is 0 Å². The second-order valence-electron chi connectivity index (χ2n) is 8.04. The van der Waals surface area contributed by atoms with Crippen LogP contribution in [0, 0.1) is 17.6 Å². The average Bonchev–Trinajstić information content (AvgIpc) is 2.71. The van der Waals surface area contributed by atoms with Gasteiger partial charge in [-0.2, -0.15) is 0 Å². The van der Waals surface area contributed by atoms with Gasteiger partial charge >= 0.3 is 7.12 Å². The second-order valence-corrected chi connectivity index (χ2v) is 8.04. The first-order valence-corrected chi connectivity index (χ1v) is 10.5. The van der Waals surface area contributed by atoms with Gasteiger partial charge in [0, 0.05) is 11.0 Å². The first-order valence-electron chi connectivity index (χ1n) is 10.5. The molecule has 2 N–H and O–H groups in total. The van der Waals surface area contributed by atoms with Crippen LogP contribution < -0.4 is 5.46 Å². The third kappa shape index (κ3) is 4.82. The highest BCUT2D eigenvalue weighted by atomic mass is 19.2. The standard InChI is InChI=1S/C23H29BF2O2/c1-2-3-4-5-16-6-8-17(9-7-16)18-10-12-19(13-11-18)20-14-15-21(24(27)28)23(26)22(20)25/h10-17,27-28H,2-9H2,1H3. The lowest BCUT2D eigenvalue weighted by atomic mass is 9.76. The minimum atomic E-state index is -2.02. The fourth-order valence-corrected chi connectivity index (χ4v) is 4.39. The van der Waals surface area contributed by atoms with Crippen LogP contribution in [0.1, 0.15) is 69.8 Å². The number of halogens is 2. The molecule has 0 bridgehead atoms. The zero-order valence-corrected chi connectivity index (χ0v) is 16.5. The van der Waals surface area contributed by atoms with Gasteiger partial charge in [-0.05, 0) is 48.6 Å². The number of rotatable bonds is 7. The van der Waals surface area contributed by atoms with Gasteiger partial charge in [0.05, 0.1) is 0 Å². The van der Waals surface area contributed by atoms with Crippen LogP contribution >= 0.6 is 0 Å². The van der Waals surface area contributed by atoms with E-state index in [0.717, 1.165) is 5.92 Å². The smallest absolute Gasteiger partial charge is 0.423 e. The topological polar surface area (TPSA) is 40.5 Å². The molecular formula is C23H29BF2O2. The summed E-state index contributed by atoms with van der Waals surface area (Å²) in [6, 6.07) is 10.3. The van der Waals surface area contributed by atoms with Crippen molar-refractivity contribution >= 4 is 12.6 Å². The van der Waals surface area contributed by atoms with Crippen molar-refractivity contribution in [2.75, 3.05) is 0 Å². The molecule has 2 nitrogen and oxygen atoms in total. The van der Waals surface area contributed by atoms with E-state index in [9.17, 15) is 8.78 Å². The maximum atomic E-state index is 14.3. The van der Waals surface area contributed by atoms with Crippen molar-refractivity contribution < 1.29 is 18.8 Å². The first kappa shape index (κ1) is 21.0. The molecule has 1 fully saturated rings. The summed E-state index contributed by atoms with van der Waals surface area (Å²) in [5.41, 5.74) is 1.54. The van der Waals surface area contributed by atoms with E-state index in [4.69, 9.17) is 10.0 Å². The molecular weight excluding hydrogens is 357 g/mol. The van der Waals surface area contributed by atoms with Crippen LogP contribution in [-0.4, -0.2) is 17.2 Å². The lowest BCUT2D eigenvalue weighted by Crippen LogP contribution is -2.33. The molecule has 2 aromatic carbocycles. The molecule has 0 spiro atoms. The molecule has 1 saturated carbocycles. The van der Waals surface area contributed by atoms with Gasteiger partial charge in [0.15, 0.2) is 11.6 Å². The lowest BCUT2D eigenvalue weighted by Gasteiger charge is -2.29. The quantitative estimate of drug-likeness (QED) is 0.509. The third-order valence-electron chi connectivity index (χ3n) is 6.15. The Hall–Kier alpha value is -1.72. The molecule has 150 valence electrons. The Morgan fingerprint density at radius 2 is 1.57 bits per heavy atom. The largest absolute Gasteiger partial charge is 0.491 e. The SMILES string of the molecule is CCCCCC1CCC(c2ccc(-c3ccc(B(O)O)c(F)c3F)cc2)CC1. The normalized spacial score (nSPS) is 19.6. The molecule has 3 rings (SSSR count). The highest BCUT2D eigenvalue weighted by Gasteiger charge is 2.24. The summed E-state index contributed by atoms with van der Waals surface area (Å²) in [5.74, 6) is -0.853. The summed E-state index contributed by atoms with van der Waals surface area (Å²) in [6.45, 7) is 2.24. The summed E-state index contributed by atoms with van der Waals surface area (Å²) >= 11 is 0. The van der Waals surface area contributed by atoms with Crippen LogP contribution in [0.3, 0.4) is 0 Å². The van der Waals surface area contributed by atoms with E-state index in [-0.39, 0.29) is 5.56 Å². The molecule has 0 amide bonds. The Balaban J connectivity index is 1.66. The van der Waals surface area contributed by atoms with E-state index >= 15 is 0 Å². The molecule has 0 heterocycles.